The third kappa shape index (κ3) is 26.8. The second-order valence-electron chi connectivity index (χ2n) is 27.1. The number of amides is 4. The Balaban J connectivity index is 0.000000333. The number of ether oxygens (including phenoxy) is 4. The number of pyridine rings is 2. The summed E-state index contributed by atoms with van der Waals surface area (Å²) in [6, 6.07) is 23.9. The summed E-state index contributed by atoms with van der Waals surface area (Å²) in [6.45, 7) is 28.7. The summed E-state index contributed by atoms with van der Waals surface area (Å²) in [7, 11) is 0. The maximum absolute atomic E-state index is 12.4. The number of hydrogen-bond donors (Lipinski definition) is 8. The Labute approximate surface area is 607 Å². The number of nitrogens with zero attached hydrogens (tertiary/aromatic N) is 14. The van der Waals surface area contributed by atoms with Crippen LogP contribution in [-0.4, -0.2) is 161 Å². The molecule has 104 heavy (non-hydrogen) atoms. The van der Waals surface area contributed by atoms with Crippen LogP contribution in [0.5, 0.6) is 0 Å². The zero-order valence-corrected chi connectivity index (χ0v) is 60.1. The molecule has 1 fully saturated rings. The van der Waals surface area contributed by atoms with Crippen LogP contribution in [0.3, 0.4) is 0 Å². The molecule has 32 nitrogen and oxygen atoms in total. The van der Waals surface area contributed by atoms with Crippen molar-refractivity contribution in [3.05, 3.63) is 137 Å². The number of carbonyl (C=O) groups excluding carboxylic acids is 5. The molecule has 2 aromatic carbocycles. The van der Waals surface area contributed by atoms with Crippen molar-refractivity contribution in [2.75, 3.05) is 49.2 Å². The van der Waals surface area contributed by atoms with E-state index in [0.29, 0.717) is 49.1 Å². The predicted octanol–water partition coefficient (Wildman–Crippen LogP) is 11.1. The first kappa shape index (κ1) is 86.7. The van der Waals surface area contributed by atoms with Gasteiger partial charge in [0.2, 0.25) is 0 Å². The van der Waals surface area contributed by atoms with Crippen molar-refractivity contribution in [1.29, 1.82) is 10.5 Å². The molecule has 0 spiro atoms. The highest BCUT2D eigenvalue weighted by Gasteiger charge is 2.37. The van der Waals surface area contributed by atoms with Crippen LogP contribution in [-0.2, 0) is 67.8 Å². The number of carbonyl (C=O) groups is 6. The van der Waals surface area contributed by atoms with Crippen LogP contribution in [0.15, 0.2) is 103 Å². The lowest BCUT2D eigenvalue weighted by atomic mass is 10.1. The van der Waals surface area contributed by atoms with Crippen LogP contribution in [0, 0.1) is 28.6 Å². The molecule has 4 amide bonds. The minimum Gasteiger partial charge on any atom is -0.481 e. The molecule has 0 bridgehead atoms. The molecule has 5 aromatic heterocycles. The number of rotatable bonds is 4. The molecule has 0 saturated carbocycles. The number of anilines is 5. The van der Waals surface area contributed by atoms with Crippen LogP contribution in [0.1, 0.15) is 146 Å². The number of Topliss-reactive ketones (excluding diaryl/α,β-unsaturated/α-hetero) is 1. The van der Waals surface area contributed by atoms with Crippen molar-refractivity contribution in [1.82, 2.24) is 70.9 Å². The van der Waals surface area contributed by atoms with E-state index in [1.54, 1.807) is 70.8 Å². The lowest BCUT2D eigenvalue weighted by Gasteiger charge is -2.24. The molecule has 560 valence electrons. The van der Waals surface area contributed by atoms with Crippen molar-refractivity contribution in [2.24, 2.45) is 11.7 Å². The molecule has 10 heterocycles. The fourth-order valence-electron chi connectivity index (χ4n) is 9.63. The maximum atomic E-state index is 12.4. The van der Waals surface area contributed by atoms with Crippen molar-refractivity contribution >= 4 is 86.8 Å². The molecular weight excluding hydrogens is 1340 g/mol. The summed E-state index contributed by atoms with van der Waals surface area (Å²) >= 11 is 0. The van der Waals surface area contributed by atoms with Crippen molar-refractivity contribution in [3.63, 3.8) is 0 Å². The van der Waals surface area contributed by atoms with Gasteiger partial charge >= 0.3 is 24.4 Å². The van der Waals surface area contributed by atoms with Gasteiger partial charge in [-0.05, 0) is 114 Å². The van der Waals surface area contributed by atoms with Gasteiger partial charge in [0.1, 0.15) is 64.8 Å². The molecule has 0 aliphatic carbocycles. The minimum absolute atomic E-state index is 0. The Morgan fingerprint density at radius 1 is 0.567 bits per heavy atom. The van der Waals surface area contributed by atoms with Crippen molar-refractivity contribution in [3.8, 4) is 12.1 Å². The van der Waals surface area contributed by atoms with Gasteiger partial charge in [-0.25, -0.2) is 49.1 Å². The lowest BCUT2D eigenvalue weighted by Crippen LogP contribution is -2.36. The molecule has 0 radical (unpaired) electrons. The minimum atomic E-state index is -0.833. The van der Waals surface area contributed by atoms with Crippen LogP contribution in [0.4, 0.5) is 48.0 Å². The Morgan fingerprint density at radius 3 is 1.38 bits per heavy atom. The quantitative estimate of drug-likeness (QED) is 0.0759. The molecule has 32 heteroatoms. The number of ketones is 1. The average molecular weight is 1440 g/mol. The van der Waals surface area contributed by atoms with E-state index in [2.05, 4.69) is 68.0 Å². The number of aromatic nitrogens is 8. The van der Waals surface area contributed by atoms with Gasteiger partial charge in [-0.3, -0.25) is 39.2 Å². The highest BCUT2D eigenvalue weighted by molar-refractivity contribution is 5.91. The Hall–Kier alpha value is -11.5. The number of aliphatic hydroxyl groups is 1. The molecule has 1 atom stereocenters. The summed E-state index contributed by atoms with van der Waals surface area (Å²) in [5.41, 5.74) is 19.3. The van der Waals surface area contributed by atoms with Gasteiger partial charge in [-0.15, -0.1) is 0 Å². The van der Waals surface area contributed by atoms with Gasteiger partial charge in [0, 0.05) is 66.3 Å². The standard InChI is InChI=1S/C20H21N5O2.C15H13N5.C11H16N4O2.C10H15N3O2.C10H14N2O3.C2H4O2.C2H6O.2CH4.H3N/c1-20(2,3)27-19(26)25-10-15-17(11-25)22-12-23-18(15)24-14-8-13-6-4-5-7-16(13)21-9-14;1-2-4-13-10(3-1)5-11(6-17-13)20-15-12-7-16-8-14(12)18-9-19-15;1-11(2,3)17-10(16)15-4-7-8(5-15)13-6-14-9(7)12;1-10(2,3)15-9(14)13-5-7(4-11)8(12)6-13;1-10(2,3)15-9(14)12-5-7(4-11)8(13)6-12;1-2(3)4;1-2-3;;;/h4-9,12H,10-11H2,1-3H3,(H,22,23,24);1-6,9,16H,7-8H2,(H,18,19,20);6H,4-5H2,1-3H3,(H2,12,13,14);5-6,12H2,1-3H3;7H,5-6H2,1-3H3;1H3,(H,3,4);3H,2H2,1H3;2*1H4;1H3. The number of aliphatic hydroxyl groups excluding tert-OH is 1. The molecule has 12 rings (SSSR count). The number of nitrogens with two attached hydrogens (primary N) is 2. The largest absolute Gasteiger partial charge is 0.481 e. The molecule has 5 aliphatic rings. The van der Waals surface area contributed by atoms with Crippen molar-refractivity contribution in [2.45, 2.75) is 173 Å². The zero-order valence-electron chi connectivity index (χ0n) is 60.1. The van der Waals surface area contributed by atoms with Gasteiger partial charge in [0.05, 0.1) is 115 Å². The second-order valence-corrected chi connectivity index (χ2v) is 27.1. The fraction of sp³-hybridized carbons (Fsp3) is 0.444. The van der Waals surface area contributed by atoms with Gasteiger partial charge < -0.3 is 62.7 Å². The van der Waals surface area contributed by atoms with Crippen LogP contribution in [0.25, 0.3) is 21.8 Å². The van der Waals surface area contributed by atoms with E-state index in [-0.39, 0.29) is 71.8 Å². The first-order chi connectivity index (χ1) is 47.5. The second kappa shape index (κ2) is 38.5. The van der Waals surface area contributed by atoms with Gasteiger partial charge in [0.25, 0.3) is 5.97 Å². The third-order valence-electron chi connectivity index (χ3n) is 14.0. The van der Waals surface area contributed by atoms with E-state index in [9.17, 15) is 24.0 Å². The number of carboxylic acid groups (broad SMARTS) is 1. The number of hydrogen-bond acceptors (Lipinski definition) is 27. The van der Waals surface area contributed by atoms with Crippen LogP contribution >= 0.6 is 0 Å². The molecule has 1 unspecified atom stereocenters. The number of nitrogen functional groups attached to an aromatic ring is 1. The summed E-state index contributed by atoms with van der Waals surface area (Å²) in [4.78, 5) is 108. The fourth-order valence-corrected chi connectivity index (χ4v) is 9.63. The topological polar surface area (TPSA) is 467 Å². The summed E-state index contributed by atoms with van der Waals surface area (Å²) in [5, 5.41) is 44.4. The zero-order chi connectivity index (χ0) is 74.6. The van der Waals surface area contributed by atoms with E-state index in [1.807, 2.05) is 108 Å². The average Bonchev–Trinajstić information content (AvgIpc) is 1.64. The normalized spacial score (nSPS) is 14.4. The Morgan fingerprint density at radius 2 is 0.962 bits per heavy atom. The third-order valence-corrected chi connectivity index (χ3v) is 14.0. The summed E-state index contributed by atoms with van der Waals surface area (Å²) in [5.74, 6) is 0.224. The number of benzene rings is 2. The first-order valence-corrected chi connectivity index (χ1v) is 32.2. The molecule has 5 aliphatic heterocycles. The van der Waals surface area contributed by atoms with E-state index < -0.39 is 46.5 Å². The van der Waals surface area contributed by atoms with Gasteiger partial charge in [0.15, 0.2) is 5.78 Å². The molecule has 12 N–H and O–H groups in total. The number of nitrogens with one attached hydrogen (secondary N) is 3. The van der Waals surface area contributed by atoms with Gasteiger partial charge in [-0.1, -0.05) is 51.3 Å². The number of para-hydroxylation sites is 2. The smallest absolute Gasteiger partial charge is 0.410 e. The molecular formula is C72H100N20O12. The van der Waals surface area contributed by atoms with Crippen LogP contribution in [0.2, 0.25) is 0 Å². The highest BCUT2D eigenvalue weighted by atomic mass is 16.6. The lowest BCUT2D eigenvalue weighted by molar-refractivity contribution is -0.134. The number of aliphatic carboxylic acids is 1. The molecule has 1 saturated heterocycles. The predicted molar refractivity (Wildman–Crippen MR) is 393 cm³/mol. The van der Waals surface area contributed by atoms with Gasteiger partial charge in [-0.2, -0.15) is 10.5 Å². The maximum Gasteiger partial charge on any atom is 0.410 e. The Kier molecular flexibility index (Phi) is 32.1. The summed E-state index contributed by atoms with van der Waals surface area (Å²) in [6.07, 6.45) is 6.46. The molecule has 7 aromatic rings. The number of nitriles is 2. The monoisotopic (exact) mass is 1440 g/mol. The van der Waals surface area contributed by atoms with Crippen molar-refractivity contribution < 1.29 is 57.9 Å². The number of likely N-dealkylation sites (tertiary alicyclic amines) is 1. The first-order valence-electron chi connectivity index (χ1n) is 32.2. The number of carboxylic acids is 1. The van der Waals surface area contributed by atoms with E-state index in [1.165, 1.54) is 22.5 Å². The van der Waals surface area contributed by atoms with Crippen LogP contribution < -0.4 is 33.6 Å². The van der Waals surface area contributed by atoms with E-state index in [0.717, 1.165) is 92.8 Å². The summed E-state index contributed by atoms with van der Waals surface area (Å²) < 4.78 is 21.0. The highest BCUT2D eigenvalue weighted by Crippen LogP contribution is 2.32. The van der Waals surface area contributed by atoms with E-state index in [4.69, 9.17) is 55.9 Å². The van der Waals surface area contributed by atoms with E-state index >= 15 is 0 Å². The number of fused-ring (bicyclic) bond motifs is 5. The SMILES string of the molecule is C.C.CC(=O)O.CC(C)(C)OC(=O)N1CC(=O)C(C#N)C1.CC(C)(C)OC(=O)N1CC(N)=C(C#N)C1.CC(C)(C)OC(=O)N1Cc2ncnc(N)c2C1.CC(C)(C)OC(=O)N1Cc2ncnc(Nc3cnc4ccccc4c3)c2C1.CCO.N.c1ccc2ncc(Nc3ncnc4c3CNC4)cc2c1. The Bertz CT molecular complexity index is 4220.